The van der Waals surface area contributed by atoms with Crippen LogP contribution < -0.4 is 16.4 Å². The number of benzene rings is 2. The summed E-state index contributed by atoms with van der Waals surface area (Å²) in [5.41, 5.74) is 13.1. The van der Waals surface area contributed by atoms with Crippen LogP contribution in [0, 0.1) is 17.5 Å². The molecule has 3 heterocycles. The molecule has 10 nitrogen and oxygen atoms in total. The molecule has 0 fully saturated rings. The highest BCUT2D eigenvalue weighted by atomic mass is 19.1. The molecular weight excluding hydrogens is 501 g/mol. The van der Waals surface area contributed by atoms with Gasteiger partial charge >= 0.3 is 6.09 Å². The summed E-state index contributed by atoms with van der Waals surface area (Å²) in [6.07, 6.45) is -0.432. The van der Waals surface area contributed by atoms with E-state index in [-0.39, 0.29) is 46.3 Å². The highest BCUT2D eigenvalue weighted by Gasteiger charge is 2.26. The third-order valence-corrected chi connectivity index (χ3v) is 5.77. The molecule has 192 valence electrons. The van der Waals surface area contributed by atoms with Crippen molar-refractivity contribution in [2.75, 3.05) is 16.4 Å². The zero-order valence-electron chi connectivity index (χ0n) is 19.5. The predicted octanol–water partition coefficient (Wildman–Crippen LogP) is 4.07. The number of anilines is 3. The summed E-state index contributed by atoms with van der Waals surface area (Å²) in [5.74, 6) is -2.61. The van der Waals surface area contributed by atoms with Gasteiger partial charge in [-0.1, -0.05) is 36.4 Å². The quantitative estimate of drug-likeness (QED) is 0.303. The molecule has 0 atom stereocenters. The Labute approximate surface area is 213 Å². The smallest absolute Gasteiger partial charge is 0.412 e. The maximum atomic E-state index is 14.3. The molecule has 0 saturated heterocycles. The molecule has 0 aliphatic carbocycles. The molecule has 5 rings (SSSR count). The van der Waals surface area contributed by atoms with Crippen LogP contribution in [0.4, 0.5) is 35.3 Å². The van der Waals surface area contributed by atoms with E-state index in [9.17, 15) is 23.1 Å². The number of amides is 1. The Hall–Kier alpha value is -5.20. The number of hydrogen-bond donors (Lipinski definition) is 3. The summed E-state index contributed by atoms with van der Waals surface area (Å²) in [7, 11) is 0. The van der Waals surface area contributed by atoms with Gasteiger partial charge in [0, 0.05) is 18.1 Å². The third kappa shape index (κ3) is 4.52. The monoisotopic (exact) mass is 520 g/mol. The molecule has 0 spiro atoms. The van der Waals surface area contributed by atoms with E-state index >= 15 is 0 Å². The molecule has 0 unspecified atom stereocenters. The molecule has 0 aliphatic rings. The number of pyridine rings is 1. The summed E-state index contributed by atoms with van der Waals surface area (Å²) in [4.78, 5) is 25.2. The Bertz CT molecular complexity index is 1670. The predicted molar refractivity (Wildman–Crippen MR) is 133 cm³/mol. The molecule has 5 N–H and O–H groups in total. The molecule has 38 heavy (non-hydrogen) atoms. The Kier molecular flexibility index (Phi) is 6.24. The Balaban J connectivity index is 1.59. The summed E-state index contributed by atoms with van der Waals surface area (Å²) in [6.45, 7) is -0.411. The minimum atomic E-state index is -1.47. The molecule has 1 amide bonds. The van der Waals surface area contributed by atoms with Crippen molar-refractivity contribution in [3.8, 4) is 5.95 Å². The minimum Gasteiger partial charge on any atom is -0.465 e. The lowest BCUT2D eigenvalue weighted by Crippen LogP contribution is -2.31. The Morgan fingerprint density at radius 1 is 0.947 bits per heavy atom. The first kappa shape index (κ1) is 24.5. The summed E-state index contributed by atoms with van der Waals surface area (Å²) in [5, 5.41) is 14.2. The Morgan fingerprint density at radius 2 is 1.55 bits per heavy atom. The van der Waals surface area contributed by atoms with Crippen molar-refractivity contribution in [2.24, 2.45) is 0 Å². The van der Waals surface area contributed by atoms with E-state index < -0.39 is 30.1 Å². The standard InChI is InChI=1S/C25H19F3N8O2/c26-15-10-19-20(31-11-15)18(9-13-5-1-3-7-16(13)27)34-36(19)24-32-22(29)21(23(30)33-24)35(25(37)38)12-14-6-2-4-8-17(14)28/h1-8,10-11H,9,12H2,(H,37,38)(H4,29,30,32,33). The van der Waals surface area contributed by atoms with Gasteiger partial charge in [0.2, 0.25) is 0 Å². The number of rotatable bonds is 6. The van der Waals surface area contributed by atoms with Gasteiger partial charge in [-0.05, 0) is 17.7 Å². The second-order valence-corrected chi connectivity index (χ2v) is 8.25. The largest absolute Gasteiger partial charge is 0.465 e. The molecule has 3 aromatic heterocycles. The number of hydrogen-bond acceptors (Lipinski definition) is 7. The fourth-order valence-electron chi connectivity index (χ4n) is 4.02. The lowest BCUT2D eigenvalue weighted by Gasteiger charge is -2.22. The van der Waals surface area contributed by atoms with Crippen molar-refractivity contribution in [1.29, 1.82) is 0 Å². The SMILES string of the molecule is Nc1nc(-n2nc(Cc3ccccc3F)c3ncc(F)cc32)nc(N)c1N(Cc1ccccc1F)C(=O)O. The number of carboxylic acid groups (broad SMARTS) is 1. The average molecular weight is 520 g/mol. The fraction of sp³-hybridized carbons (Fsp3) is 0.0800. The van der Waals surface area contributed by atoms with E-state index in [0.717, 1.165) is 21.8 Å². The number of carbonyl (C=O) groups is 1. The van der Waals surface area contributed by atoms with Crippen molar-refractivity contribution in [1.82, 2.24) is 24.7 Å². The van der Waals surface area contributed by atoms with Crippen molar-refractivity contribution in [3.63, 3.8) is 0 Å². The molecule has 0 saturated carbocycles. The number of nitrogens with two attached hydrogens (primary N) is 2. The van der Waals surface area contributed by atoms with Gasteiger partial charge in [0.1, 0.15) is 28.7 Å². The van der Waals surface area contributed by atoms with Gasteiger partial charge in [-0.3, -0.25) is 4.90 Å². The lowest BCUT2D eigenvalue weighted by atomic mass is 10.1. The van der Waals surface area contributed by atoms with E-state index in [4.69, 9.17) is 11.5 Å². The lowest BCUT2D eigenvalue weighted by molar-refractivity contribution is 0.201. The molecule has 0 bridgehead atoms. The van der Waals surface area contributed by atoms with Crippen LogP contribution in [-0.4, -0.2) is 35.9 Å². The molecule has 2 aromatic carbocycles. The number of halogens is 3. The van der Waals surface area contributed by atoms with Gasteiger partial charge in [-0.15, -0.1) is 0 Å². The summed E-state index contributed by atoms with van der Waals surface area (Å²) in [6, 6.07) is 12.9. The fourth-order valence-corrected chi connectivity index (χ4v) is 4.02. The van der Waals surface area contributed by atoms with Crippen LogP contribution in [0.5, 0.6) is 0 Å². The molecular formula is C25H19F3N8O2. The number of aromatic nitrogens is 5. The van der Waals surface area contributed by atoms with E-state index in [1.807, 2.05) is 0 Å². The second-order valence-electron chi connectivity index (χ2n) is 8.25. The van der Waals surface area contributed by atoms with Gasteiger partial charge in [0.15, 0.2) is 11.6 Å². The van der Waals surface area contributed by atoms with E-state index in [1.54, 1.807) is 24.3 Å². The Morgan fingerprint density at radius 3 is 2.16 bits per heavy atom. The van der Waals surface area contributed by atoms with Crippen LogP contribution in [0.15, 0.2) is 60.8 Å². The highest BCUT2D eigenvalue weighted by molar-refractivity contribution is 5.94. The van der Waals surface area contributed by atoms with Crippen molar-refractivity contribution < 1.29 is 23.1 Å². The second kappa shape index (κ2) is 9.69. The average Bonchev–Trinajstić information content (AvgIpc) is 3.22. The van der Waals surface area contributed by atoms with Gasteiger partial charge in [-0.2, -0.15) is 19.7 Å². The molecule has 0 aliphatic heterocycles. The van der Waals surface area contributed by atoms with Crippen LogP contribution in [0.25, 0.3) is 17.0 Å². The molecule has 0 radical (unpaired) electrons. The van der Waals surface area contributed by atoms with Crippen molar-refractivity contribution in [3.05, 3.63) is 95.1 Å². The summed E-state index contributed by atoms with van der Waals surface area (Å²) >= 11 is 0. The van der Waals surface area contributed by atoms with Gasteiger partial charge in [-0.25, -0.2) is 22.9 Å². The maximum absolute atomic E-state index is 14.3. The van der Waals surface area contributed by atoms with Gasteiger partial charge < -0.3 is 16.6 Å². The number of nitrogens with zero attached hydrogens (tertiary/aromatic N) is 6. The van der Waals surface area contributed by atoms with E-state index in [2.05, 4.69) is 20.1 Å². The van der Waals surface area contributed by atoms with Gasteiger partial charge in [0.05, 0.1) is 24.0 Å². The van der Waals surface area contributed by atoms with Crippen molar-refractivity contribution in [2.45, 2.75) is 13.0 Å². The van der Waals surface area contributed by atoms with E-state index in [1.165, 1.54) is 24.3 Å². The van der Waals surface area contributed by atoms with Crippen molar-refractivity contribution >= 4 is 34.4 Å². The first-order valence-corrected chi connectivity index (χ1v) is 11.2. The zero-order chi connectivity index (χ0) is 27.0. The normalized spacial score (nSPS) is 11.1. The third-order valence-electron chi connectivity index (χ3n) is 5.77. The number of nitrogen functional groups attached to an aromatic ring is 2. The highest BCUT2D eigenvalue weighted by Crippen LogP contribution is 2.31. The zero-order valence-corrected chi connectivity index (χ0v) is 19.5. The minimum absolute atomic E-state index is 0.0350. The topological polar surface area (TPSA) is 149 Å². The van der Waals surface area contributed by atoms with Crippen LogP contribution >= 0.6 is 0 Å². The maximum Gasteiger partial charge on any atom is 0.412 e. The van der Waals surface area contributed by atoms with Gasteiger partial charge in [0.25, 0.3) is 5.95 Å². The molecule has 13 heteroatoms. The van der Waals surface area contributed by atoms with Crippen LogP contribution in [0.2, 0.25) is 0 Å². The van der Waals surface area contributed by atoms with Crippen LogP contribution in [-0.2, 0) is 13.0 Å². The first-order valence-electron chi connectivity index (χ1n) is 11.2. The first-order chi connectivity index (χ1) is 18.2. The van der Waals surface area contributed by atoms with Crippen LogP contribution in [0.3, 0.4) is 0 Å². The van der Waals surface area contributed by atoms with Crippen LogP contribution in [0.1, 0.15) is 16.8 Å². The molecule has 5 aromatic rings. The number of fused-ring (bicyclic) bond motifs is 1. The summed E-state index contributed by atoms with van der Waals surface area (Å²) < 4.78 is 43.8. The van der Waals surface area contributed by atoms with E-state index in [0.29, 0.717) is 11.3 Å².